The summed E-state index contributed by atoms with van der Waals surface area (Å²) in [7, 11) is 0. The number of nitrogens with one attached hydrogen (secondary N) is 1. The third kappa shape index (κ3) is 4.86. The molecular weight excluding hydrogens is 328 g/mol. The van der Waals surface area contributed by atoms with Gasteiger partial charge in [-0.1, -0.05) is 30.3 Å². The molecule has 0 saturated carbocycles. The van der Waals surface area contributed by atoms with Gasteiger partial charge in [-0.2, -0.15) is 0 Å². The highest BCUT2D eigenvalue weighted by molar-refractivity contribution is 7.98. The highest BCUT2D eigenvalue weighted by atomic mass is 32.2. The molecule has 1 heterocycles. The average molecular weight is 355 g/mol. The number of aryl methyl sites for hydroxylation is 1. The lowest BCUT2D eigenvalue weighted by Crippen LogP contribution is -2.40. The van der Waals surface area contributed by atoms with Crippen molar-refractivity contribution >= 4 is 23.4 Å². The van der Waals surface area contributed by atoms with Crippen LogP contribution in [-0.2, 0) is 11.3 Å². The van der Waals surface area contributed by atoms with Crippen molar-refractivity contribution in [1.29, 1.82) is 0 Å². The van der Waals surface area contributed by atoms with E-state index in [0.717, 1.165) is 38.2 Å². The van der Waals surface area contributed by atoms with Crippen LogP contribution in [0, 0.1) is 12.8 Å². The molecule has 3 rings (SSSR count). The van der Waals surface area contributed by atoms with Crippen LogP contribution < -0.4 is 5.32 Å². The number of carbonyl (C=O) groups excluding carboxylic acids is 1. The second kappa shape index (κ2) is 8.54. The van der Waals surface area contributed by atoms with Crippen molar-refractivity contribution in [3.8, 4) is 0 Å². The molecule has 4 heteroatoms. The quantitative estimate of drug-likeness (QED) is 0.799. The van der Waals surface area contributed by atoms with Crippen LogP contribution in [0.15, 0.2) is 53.4 Å². The van der Waals surface area contributed by atoms with Gasteiger partial charge in [-0.25, -0.2) is 0 Å². The molecule has 0 aliphatic carbocycles. The molecule has 3 nitrogen and oxygen atoms in total. The molecule has 1 aliphatic heterocycles. The molecule has 0 radical (unpaired) electrons. The van der Waals surface area contributed by atoms with Crippen molar-refractivity contribution in [2.45, 2.75) is 31.2 Å². The van der Waals surface area contributed by atoms with Gasteiger partial charge in [0.2, 0.25) is 5.91 Å². The molecule has 1 aliphatic rings. The summed E-state index contributed by atoms with van der Waals surface area (Å²) < 4.78 is 0. The van der Waals surface area contributed by atoms with E-state index >= 15 is 0 Å². The Morgan fingerprint density at radius 3 is 2.88 bits per heavy atom. The second-order valence-electron chi connectivity index (χ2n) is 6.72. The minimum Gasteiger partial charge on any atom is -0.326 e. The van der Waals surface area contributed by atoms with Crippen LogP contribution in [0.2, 0.25) is 0 Å². The van der Waals surface area contributed by atoms with Gasteiger partial charge in [0.25, 0.3) is 0 Å². The second-order valence-corrected chi connectivity index (χ2v) is 7.60. The number of rotatable bonds is 5. The first-order valence-electron chi connectivity index (χ1n) is 8.87. The number of carbonyl (C=O) groups is 1. The van der Waals surface area contributed by atoms with Crippen LogP contribution in [0.5, 0.6) is 0 Å². The molecule has 132 valence electrons. The van der Waals surface area contributed by atoms with Crippen molar-refractivity contribution in [3.05, 3.63) is 59.7 Å². The van der Waals surface area contributed by atoms with E-state index in [2.05, 4.69) is 47.5 Å². The maximum absolute atomic E-state index is 12.7. The fourth-order valence-corrected chi connectivity index (χ4v) is 3.85. The van der Waals surface area contributed by atoms with Crippen molar-refractivity contribution in [3.63, 3.8) is 0 Å². The monoisotopic (exact) mass is 354 g/mol. The standard InChI is InChI=1S/C21H26N2OS/c1-16-7-3-4-8-17(16)14-23-12-6-9-18(15-23)21(24)22-19-10-5-11-20(13-19)25-2/h3-5,7-8,10-11,13,18H,6,9,12,14-15H2,1-2H3,(H,22,24). The minimum absolute atomic E-state index is 0.0655. The third-order valence-electron chi connectivity index (χ3n) is 4.87. The first-order valence-corrected chi connectivity index (χ1v) is 10.1. The number of hydrogen-bond donors (Lipinski definition) is 1. The zero-order chi connectivity index (χ0) is 17.6. The molecular formula is C21H26N2OS. The summed E-state index contributed by atoms with van der Waals surface area (Å²) in [4.78, 5) is 16.3. The van der Waals surface area contributed by atoms with Crippen LogP contribution in [0.1, 0.15) is 24.0 Å². The van der Waals surface area contributed by atoms with Gasteiger partial charge in [0.1, 0.15) is 0 Å². The van der Waals surface area contributed by atoms with Gasteiger partial charge in [0, 0.05) is 23.7 Å². The molecule has 25 heavy (non-hydrogen) atoms. The molecule has 1 fully saturated rings. The fourth-order valence-electron chi connectivity index (χ4n) is 3.39. The lowest BCUT2D eigenvalue weighted by atomic mass is 9.96. The maximum atomic E-state index is 12.7. The van der Waals surface area contributed by atoms with Crippen LogP contribution in [0.25, 0.3) is 0 Å². The third-order valence-corrected chi connectivity index (χ3v) is 5.59. The van der Waals surface area contributed by atoms with Gasteiger partial charge < -0.3 is 5.32 Å². The van der Waals surface area contributed by atoms with Crippen molar-refractivity contribution in [2.24, 2.45) is 5.92 Å². The number of hydrogen-bond acceptors (Lipinski definition) is 3. The van der Waals surface area contributed by atoms with Crippen molar-refractivity contribution in [1.82, 2.24) is 4.90 Å². The van der Waals surface area contributed by atoms with E-state index < -0.39 is 0 Å². The molecule has 1 unspecified atom stereocenters. The van der Waals surface area contributed by atoms with Gasteiger partial charge in [-0.05, 0) is 61.9 Å². The minimum atomic E-state index is 0.0655. The Kier molecular flexibility index (Phi) is 6.16. The summed E-state index contributed by atoms with van der Waals surface area (Å²) in [6.45, 7) is 4.99. The van der Waals surface area contributed by atoms with E-state index in [1.807, 2.05) is 24.5 Å². The molecule has 1 amide bonds. The normalized spacial score (nSPS) is 18.1. The number of nitrogens with zero attached hydrogens (tertiary/aromatic N) is 1. The summed E-state index contributed by atoms with van der Waals surface area (Å²) in [6, 6.07) is 16.6. The van der Waals surface area contributed by atoms with Crippen molar-refractivity contribution < 1.29 is 4.79 Å². The average Bonchev–Trinajstić information content (AvgIpc) is 2.64. The number of benzene rings is 2. The Hall–Kier alpha value is -1.78. The Morgan fingerprint density at radius 2 is 2.08 bits per heavy atom. The lowest BCUT2D eigenvalue weighted by Gasteiger charge is -2.32. The van der Waals surface area contributed by atoms with E-state index in [0.29, 0.717) is 0 Å². The van der Waals surface area contributed by atoms with E-state index in [-0.39, 0.29) is 11.8 Å². The van der Waals surface area contributed by atoms with Gasteiger partial charge in [-0.15, -0.1) is 11.8 Å². The van der Waals surface area contributed by atoms with Crippen molar-refractivity contribution in [2.75, 3.05) is 24.7 Å². The first-order chi connectivity index (χ1) is 12.2. The molecule has 1 N–H and O–H groups in total. The highest BCUT2D eigenvalue weighted by Crippen LogP contribution is 2.23. The molecule has 0 aromatic heterocycles. The summed E-state index contributed by atoms with van der Waals surface area (Å²) in [6.07, 6.45) is 4.10. The topological polar surface area (TPSA) is 32.3 Å². The highest BCUT2D eigenvalue weighted by Gasteiger charge is 2.26. The molecule has 2 aromatic rings. The fraction of sp³-hybridized carbons (Fsp3) is 0.381. The van der Waals surface area contributed by atoms with E-state index in [9.17, 15) is 4.79 Å². The largest absolute Gasteiger partial charge is 0.326 e. The SMILES string of the molecule is CSc1cccc(NC(=O)C2CCCN(Cc3ccccc3C)C2)c1. The molecule has 2 aromatic carbocycles. The molecule has 1 saturated heterocycles. The zero-order valence-corrected chi connectivity index (χ0v) is 15.8. The number of anilines is 1. The maximum Gasteiger partial charge on any atom is 0.228 e. The first kappa shape index (κ1) is 18.0. The summed E-state index contributed by atoms with van der Waals surface area (Å²) in [5.41, 5.74) is 3.58. The summed E-state index contributed by atoms with van der Waals surface area (Å²) in [5, 5.41) is 3.10. The summed E-state index contributed by atoms with van der Waals surface area (Å²) in [5.74, 6) is 0.212. The van der Waals surface area contributed by atoms with Crippen LogP contribution in [0.4, 0.5) is 5.69 Å². The molecule has 1 atom stereocenters. The van der Waals surface area contributed by atoms with Crippen LogP contribution in [-0.4, -0.2) is 30.2 Å². The van der Waals surface area contributed by atoms with Crippen LogP contribution >= 0.6 is 11.8 Å². The van der Waals surface area contributed by atoms with Gasteiger partial charge >= 0.3 is 0 Å². The number of amides is 1. The predicted octanol–water partition coefficient (Wildman–Crippen LogP) is 4.57. The van der Waals surface area contributed by atoms with E-state index in [1.54, 1.807) is 11.8 Å². The predicted molar refractivity (Wildman–Crippen MR) is 106 cm³/mol. The zero-order valence-electron chi connectivity index (χ0n) is 15.0. The Balaban J connectivity index is 1.60. The van der Waals surface area contributed by atoms with Gasteiger partial charge in [0.05, 0.1) is 5.92 Å². The Labute approximate surface area is 154 Å². The summed E-state index contributed by atoms with van der Waals surface area (Å²) >= 11 is 1.69. The smallest absolute Gasteiger partial charge is 0.228 e. The number of likely N-dealkylation sites (tertiary alicyclic amines) is 1. The van der Waals surface area contributed by atoms with Gasteiger partial charge in [0.15, 0.2) is 0 Å². The number of piperidine rings is 1. The Bertz CT molecular complexity index is 731. The number of thioether (sulfide) groups is 1. The molecule has 0 bridgehead atoms. The van der Waals surface area contributed by atoms with E-state index in [4.69, 9.17) is 0 Å². The van der Waals surface area contributed by atoms with Crippen LogP contribution in [0.3, 0.4) is 0 Å². The Morgan fingerprint density at radius 1 is 1.24 bits per heavy atom. The van der Waals surface area contributed by atoms with Gasteiger partial charge in [-0.3, -0.25) is 9.69 Å². The van der Waals surface area contributed by atoms with E-state index in [1.165, 1.54) is 16.0 Å². The molecule has 0 spiro atoms. The lowest BCUT2D eigenvalue weighted by molar-refractivity contribution is -0.121.